The van der Waals surface area contributed by atoms with Gasteiger partial charge in [0.15, 0.2) is 0 Å². The Morgan fingerprint density at radius 2 is 2.53 bits per heavy atom. The summed E-state index contributed by atoms with van der Waals surface area (Å²) in [4.78, 5) is 14.3. The molecule has 0 saturated heterocycles. The Kier molecular flexibility index (Phi) is 4.65. The molecular weight excluding hydrogens is 206 g/mol. The molecule has 1 rings (SSSR count). The molecular formula is C12H13NOS. The highest BCUT2D eigenvalue weighted by Crippen LogP contribution is 2.10. The van der Waals surface area contributed by atoms with Gasteiger partial charge in [0.1, 0.15) is 0 Å². The van der Waals surface area contributed by atoms with Gasteiger partial charge >= 0.3 is 0 Å². The zero-order valence-corrected chi connectivity index (χ0v) is 9.46. The molecule has 0 unspecified atom stereocenters. The Morgan fingerprint density at radius 1 is 1.73 bits per heavy atom. The molecule has 78 valence electrons. The van der Waals surface area contributed by atoms with E-state index in [1.54, 1.807) is 22.3 Å². The van der Waals surface area contributed by atoms with Gasteiger partial charge in [0, 0.05) is 17.5 Å². The summed E-state index contributed by atoms with van der Waals surface area (Å²) in [5, 5.41) is 1.98. The van der Waals surface area contributed by atoms with Crippen molar-refractivity contribution in [2.24, 2.45) is 0 Å². The van der Waals surface area contributed by atoms with E-state index in [2.05, 4.69) is 5.92 Å². The number of terminal acetylenes is 1. The molecule has 0 bridgehead atoms. The summed E-state index contributed by atoms with van der Waals surface area (Å²) in [6.45, 7) is 2.91. The van der Waals surface area contributed by atoms with Crippen LogP contribution in [-0.2, 0) is 4.79 Å². The summed E-state index contributed by atoms with van der Waals surface area (Å²) in [5.74, 6) is 2.43. The topological polar surface area (TPSA) is 20.3 Å². The Balaban J connectivity index is 2.58. The van der Waals surface area contributed by atoms with E-state index < -0.39 is 0 Å². The van der Waals surface area contributed by atoms with Crippen LogP contribution in [0.4, 0.5) is 0 Å². The number of carbonyl (C=O) groups is 1. The Bertz CT molecular complexity index is 373. The summed E-state index contributed by atoms with van der Waals surface area (Å²) < 4.78 is 0. The molecule has 0 aliphatic rings. The van der Waals surface area contributed by atoms with Gasteiger partial charge < -0.3 is 4.90 Å². The van der Waals surface area contributed by atoms with Gasteiger partial charge in [-0.1, -0.05) is 12.0 Å². The molecule has 0 fully saturated rings. The molecule has 1 heterocycles. The normalized spacial score (nSPS) is 10.1. The lowest BCUT2D eigenvalue weighted by molar-refractivity contribution is -0.125. The molecule has 0 atom stereocenters. The molecule has 15 heavy (non-hydrogen) atoms. The van der Waals surface area contributed by atoms with Crippen LogP contribution in [0.25, 0.3) is 6.08 Å². The minimum atomic E-state index is -0.0381. The van der Waals surface area contributed by atoms with Crippen LogP contribution >= 0.6 is 11.3 Å². The number of thiophene rings is 1. The van der Waals surface area contributed by atoms with Crippen molar-refractivity contribution in [3.63, 3.8) is 0 Å². The number of amides is 1. The van der Waals surface area contributed by atoms with Crippen LogP contribution in [0, 0.1) is 12.3 Å². The van der Waals surface area contributed by atoms with E-state index in [4.69, 9.17) is 6.42 Å². The smallest absolute Gasteiger partial charge is 0.247 e. The fraction of sp³-hybridized carbons (Fsp3) is 0.250. The van der Waals surface area contributed by atoms with E-state index in [9.17, 15) is 4.79 Å². The van der Waals surface area contributed by atoms with Gasteiger partial charge in [0.25, 0.3) is 0 Å². The van der Waals surface area contributed by atoms with Crippen LogP contribution in [0.15, 0.2) is 23.6 Å². The third kappa shape index (κ3) is 3.61. The molecule has 1 aromatic rings. The van der Waals surface area contributed by atoms with Crippen molar-refractivity contribution in [1.82, 2.24) is 4.90 Å². The average molecular weight is 219 g/mol. The highest BCUT2D eigenvalue weighted by Gasteiger charge is 2.05. The Hall–Kier alpha value is -1.53. The first-order valence-electron chi connectivity index (χ1n) is 4.72. The van der Waals surface area contributed by atoms with E-state index >= 15 is 0 Å². The highest BCUT2D eigenvalue weighted by molar-refractivity contribution is 7.10. The number of nitrogens with zero attached hydrogens (tertiary/aromatic N) is 1. The largest absolute Gasteiger partial charge is 0.328 e. The van der Waals surface area contributed by atoms with Gasteiger partial charge in [0.05, 0.1) is 6.54 Å². The molecule has 0 radical (unpaired) electrons. The fourth-order valence-corrected chi connectivity index (χ4v) is 1.72. The maximum Gasteiger partial charge on any atom is 0.247 e. The van der Waals surface area contributed by atoms with Crippen LogP contribution in [0.1, 0.15) is 11.8 Å². The van der Waals surface area contributed by atoms with Crippen molar-refractivity contribution in [3.8, 4) is 12.3 Å². The standard InChI is InChI=1S/C12H13NOS/c1-3-9-13(4-2)12(14)8-7-11-6-5-10-15-11/h1,5-8,10H,4,9H2,2H3/b8-7+. The minimum Gasteiger partial charge on any atom is -0.328 e. The maximum absolute atomic E-state index is 11.6. The molecule has 3 heteroatoms. The number of rotatable bonds is 4. The van der Waals surface area contributed by atoms with E-state index in [1.807, 2.05) is 30.5 Å². The third-order valence-corrected chi connectivity index (χ3v) is 2.75. The summed E-state index contributed by atoms with van der Waals surface area (Å²) in [6.07, 6.45) is 8.54. The van der Waals surface area contributed by atoms with E-state index in [-0.39, 0.29) is 5.91 Å². The minimum absolute atomic E-state index is 0.0381. The number of likely N-dealkylation sites (N-methyl/N-ethyl adjacent to an activating group) is 1. The fourth-order valence-electron chi connectivity index (χ4n) is 1.10. The number of carbonyl (C=O) groups excluding carboxylic acids is 1. The first-order valence-corrected chi connectivity index (χ1v) is 5.60. The van der Waals surface area contributed by atoms with Crippen molar-refractivity contribution < 1.29 is 4.79 Å². The first-order chi connectivity index (χ1) is 7.27. The van der Waals surface area contributed by atoms with E-state index in [1.165, 1.54) is 0 Å². The summed E-state index contributed by atoms with van der Waals surface area (Å²) in [5.41, 5.74) is 0. The molecule has 1 amide bonds. The predicted octanol–water partition coefficient (Wildman–Crippen LogP) is 2.24. The quantitative estimate of drug-likeness (QED) is 0.562. The van der Waals surface area contributed by atoms with Crippen LogP contribution in [-0.4, -0.2) is 23.9 Å². The first kappa shape index (κ1) is 11.5. The Morgan fingerprint density at radius 3 is 3.07 bits per heavy atom. The molecule has 0 N–H and O–H groups in total. The van der Waals surface area contributed by atoms with Crippen LogP contribution in [0.2, 0.25) is 0 Å². The lowest BCUT2D eigenvalue weighted by Gasteiger charge is -2.14. The second-order valence-corrected chi connectivity index (χ2v) is 3.88. The lowest BCUT2D eigenvalue weighted by Crippen LogP contribution is -2.29. The van der Waals surface area contributed by atoms with Crippen molar-refractivity contribution >= 4 is 23.3 Å². The molecule has 2 nitrogen and oxygen atoms in total. The van der Waals surface area contributed by atoms with Gasteiger partial charge in [-0.15, -0.1) is 17.8 Å². The summed E-state index contributed by atoms with van der Waals surface area (Å²) in [6, 6.07) is 3.92. The molecule has 0 aliphatic heterocycles. The van der Waals surface area contributed by atoms with E-state index in [0.717, 1.165) is 4.88 Å². The summed E-state index contributed by atoms with van der Waals surface area (Å²) in [7, 11) is 0. The second kappa shape index (κ2) is 6.05. The highest BCUT2D eigenvalue weighted by atomic mass is 32.1. The van der Waals surface area contributed by atoms with Crippen molar-refractivity contribution in [1.29, 1.82) is 0 Å². The zero-order chi connectivity index (χ0) is 11.1. The van der Waals surface area contributed by atoms with Gasteiger partial charge in [-0.3, -0.25) is 4.79 Å². The zero-order valence-electron chi connectivity index (χ0n) is 8.64. The maximum atomic E-state index is 11.6. The van der Waals surface area contributed by atoms with Gasteiger partial charge in [-0.05, 0) is 24.4 Å². The molecule has 0 spiro atoms. The molecule has 0 saturated carbocycles. The van der Waals surface area contributed by atoms with Crippen molar-refractivity contribution in [2.75, 3.05) is 13.1 Å². The third-order valence-electron chi connectivity index (χ3n) is 1.91. The second-order valence-electron chi connectivity index (χ2n) is 2.91. The monoisotopic (exact) mass is 219 g/mol. The molecule has 1 aromatic heterocycles. The predicted molar refractivity (Wildman–Crippen MR) is 64.4 cm³/mol. The van der Waals surface area contributed by atoms with Crippen LogP contribution < -0.4 is 0 Å². The van der Waals surface area contributed by atoms with E-state index in [0.29, 0.717) is 13.1 Å². The van der Waals surface area contributed by atoms with Crippen molar-refractivity contribution in [2.45, 2.75) is 6.92 Å². The number of hydrogen-bond acceptors (Lipinski definition) is 2. The van der Waals surface area contributed by atoms with Crippen LogP contribution in [0.5, 0.6) is 0 Å². The average Bonchev–Trinajstić information content (AvgIpc) is 2.75. The van der Waals surface area contributed by atoms with Gasteiger partial charge in [-0.2, -0.15) is 0 Å². The Labute approximate surface area is 94.2 Å². The SMILES string of the molecule is C#CCN(CC)C(=O)/C=C/c1cccs1. The van der Waals surface area contributed by atoms with Crippen molar-refractivity contribution in [3.05, 3.63) is 28.5 Å². The van der Waals surface area contributed by atoms with Gasteiger partial charge in [-0.25, -0.2) is 0 Å². The molecule has 0 aliphatic carbocycles. The lowest BCUT2D eigenvalue weighted by atomic mass is 10.3. The summed E-state index contributed by atoms with van der Waals surface area (Å²) >= 11 is 1.60. The number of hydrogen-bond donors (Lipinski definition) is 0. The van der Waals surface area contributed by atoms with Crippen LogP contribution in [0.3, 0.4) is 0 Å². The van der Waals surface area contributed by atoms with Gasteiger partial charge in [0.2, 0.25) is 5.91 Å². The molecule has 0 aromatic carbocycles.